The maximum atomic E-state index is 10.8. The quantitative estimate of drug-likeness (QED) is 0.571. The molecule has 2 unspecified atom stereocenters. The molecule has 0 spiro atoms. The van der Waals surface area contributed by atoms with Crippen LogP contribution < -0.4 is 5.32 Å². The van der Waals surface area contributed by atoms with Gasteiger partial charge >= 0.3 is 5.97 Å². The highest BCUT2D eigenvalue weighted by atomic mass is 16.5. The van der Waals surface area contributed by atoms with Crippen LogP contribution in [-0.2, 0) is 14.3 Å². The van der Waals surface area contributed by atoms with Gasteiger partial charge in [0.05, 0.1) is 12.7 Å². The lowest BCUT2D eigenvalue weighted by Gasteiger charge is -2.31. The maximum absolute atomic E-state index is 10.8. The van der Waals surface area contributed by atoms with Crippen LogP contribution >= 0.6 is 0 Å². The van der Waals surface area contributed by atoms with Gasteiger partial charge in [-0.2, -0.15) is 0 Å². The second kappa shape index (κ2) is 5.67. The lowest BCUT2D eigenvalue weighted by molar-refractivity contribution is -0.142. The van der Waals surface area contributed by atoms with E-state index in [2.05, 4.69) is 10.2 Å². The summed E-state index contributed by atoms with van der Waals surface area (Å²) in [5.74, 6) is -1.03. The van der Waals surface area contributed by atoms with Gasteiger partial charge in [0.25, 0.3) is 0 Å². The molecule has 1 fully saturated rings. The van der Waals surface area contributed by atoms with Crippen molar-refractivity contribution >= 4 is 12.4 Å². The molecule has 86 valence electrons. The predicted molar refractivity (Wildman–Crippen MR) is 52.5 cm³/mol. The largest absolute Gasteiger partial charge is 0.480 e. The molecule has 1 saturated heterocycles. The zero-order valence-corrected chi connectivity index (χ0v) is 8.68. The number of nitrogens with zero attached hydrogens (tertiary/aromatic N) is 1. The van der Waals surface area contributed by atoms with E-state index in [0.717, 1.165) is 6.54 Å². The number of carbonyl (C=O) groups excluding carboxylic acids is 1. The van der Waals surface area contributed by atoms with Gasteiger partial charge in [0.1, 0.15) is 6.04 Å². The van der Waals surface area contributed by atoms with E-state index >= 15 is 0 Å². The molecule has 0 radical (unpaired) electrons. The number of rotatable bonds is 5. The van der Waals surface area contributed by atoms with E-state index in [1.165, 1.54) is 0 Å². The Morgan fingerprint density at radius 3 is 3.07 bits per heavy atom. The molecule has 0 aliphatic carbocycles. The van der Waals surface area contributed by atoms with Crippen LogP contribution in [0.15, 0.2) is 0 Å². The number of hydrogen-bond acceptors (Lipinski definition) is 4. The fourth-order valence-electron chi connectivity index (χ4n) is 1.59. The molecule has 0 bridgehead atoms. The normalized spacial score (nSPS) is 24.5. The number of aliphatic carboxylic acids is 1. The van der Waals surface area contributed by atoms with Crippen molar-refractivity contribution in [3.8, 4) is 0 Å². The van der Waals surface area contributed by atoms with Crippen LogP contribution in [0, 0.1) is 0 Å². The number of morpholine rings is 1. The molecule has 6 heteroatoms. The first-order valence-electron chi connectivity index (χ1n) is 4.86. The Kier molecular flexibility index (Phi) is 4.51. The monoisotopic (exact) mass is 216 g/mol. The first-order valence-corrected chi connectivity index (χ1v) is 4.86. The topological polar surface area (TPSA) is 78.9 Å². The number of amides is 1. The molecule has 1 aliphatic rings. The van der Waals surface area contributed by atoms with Crippen LogP contribution in [0.5, 0.6) is 0 Å². The lowest BCUT2D eigenvalue weighted by atomic mass is 10.1. The first-order chi connectivity index (χ1) is 7.13. The molecular weight excluding hydrogens is 200 g/mol. The standard InChI is InChI=1S/C9H16N2O4/c1-11-2-3-15-7(5-11)4-8(9(13)14)10-6-12/h6-8H,2-5H2,1H3,(H,10,12)(H,13,14). The summed E-state index contributed by atoms with van der Waals surface area (Å²) < 4.78 is 5.41. The van der Waals surface area contributed by atoms with Crippen LogP contribution in [0.1, 0.15) is 6.42 Å². The summed E-state index contributed by atoms with van der Waals surface area (Å²) in [7, 11) is 1.96. The predicted octanol–water partition coefficient (Wildman–Crippen LogP) is -1.09. The van der Waals surface area contributed by atoms with Crippen molar-refractivity contribution in [2.24, 2.45) is 0 Å². The van der Waals surface area contributed by atoms with Crippen molar-refractivity contribution in [1.82, 2.24) is 10.2 Å². The third-order valence-corrected chi connectivity index (χ3v) is 2.41. The molecule has 1 rings (SSSR count). The molecule has 2 atom stereocenters. The van der Waals surface area contributed by atoms with Crippen LogP contribution in [-0.4, -0.2) is 61.3 Å². The number of carboxylic acids is 1. The van der Waals surface area contributed by atoms with E-state index < -0.39 is 12.0 Å². The van der Waals surface area contributed by atoms with Gasteiger partial charge in [0.15, 0.2) is 0 Å². The second-order valence-electron chi connectivity index (χ2n) is 3.67. The van der Waals surface area contributed by atoms with Gasteiger partial charge in [0.2, 0.25) is 6.41 Å². The minimum atomic E-state index is -1.03. The fraction of sp³-hybridized carbons (Fsp3) is 0.778. The van der Waals surface area contributed by atoms with Crippen molar-refractivity contribution in [3.63, 3.8) is 0 Å². The molecule has 6 nitrogen and oxygen atoms in total. The van der Waals surface area contributed by atoms with Crippen LogP contribution in [0.2, 0.25) is 0 Å². The van der Waals surface area contributed by atoms with E-state index in [4.69, 9.17) is 9.84 Å². The van der Waals surface area contributed by atoms with Gasteiger partial charge in [-0.15, -0.1) is 0 Å². The van der Waals surface area contributed by atoms with E-state index in [9.17, 15) is 9.59 Å². The number of hydrogen-bond donors (Lipinski definition) is 2. The van der Waals surface area contributed by atoms with Gasteiger partial charge in [-0.1, -0.05) is 0 Å². The summed E-state index contributed by atoms with van der Waals surface area (Å²) in [6.45, 7) is 2.16. The van der Waals surface area contributed by atoms with Gasteiger partial charge in [-0.3, -0.25) is 4.79 Å². The second-order valence-corrected chi connectivity index (χ2v) is 3.67. The van der Waals surface area contributed by atoms with E-state index in [0.29, 0.717) is 26.0 Å². The molecule has 15 heavy (non-hydrogen) atoms. The van der Waals surface area contributed by atoms with Crippen LogP contribution in [0.25, 0.3) is 0 Å². The smallest absolute Gasteiger partial charge is 0.326 e. The van der Waals surface area contributed by atoms with Gasteiger partial charge in [-0.05, 0) is 7.05 Å². The molecule has 0 aromatic heterocycles. The van der Waals surface area contributed by atoms with Gasteiger partial charge < -0.3 is 20.1 Å². The zero-order chi connectivity index (χ0) is 11.3. The molecule has 0 aromatic carbocycles. The highest BCUT2D eigenvalue weighted by Crippen LogP contribution is 2.09. The number of nitrogens with one attached hydrogen (secondary N) is 1. The third-order valence-electron chi connectivity index (χ3n) is 2.41. The Morgan fingerprint density at radius 1 is 1.80 bits per heavy atom. The average molecular weight is 216 g/mol. The number of carbonyl (C=O) groups is 2. The Labute approximate surface area is 88.2 Å². The van der Waals surface area contributed by atoms with E-state index in [1.54, 1.807) is 0 Å². The summed E-state index contributed by atoms with van der Waals surface area (Å²) in [6.07, 6.45) is 0.585. The van der Waals surface area contributed by atoms with E-state index in [1.807, 2.05) is 7.05 Å². The number of ether oxygens (including phenoxy) is 1. The summed E-state index contributed by atoms with van der Waals surface area (Å²) in [6, 6.07) is -0.862. The average Bonchev–Trinajstić information content (AvgIpc) is 2.17. The molecule has 1 heterocycles. The molecule has 2 N–H and O–H groups in total. The number of likely N-dealkylation sites (N-methyl/N-ethyl adjacent to an activating group) is 1. The highest BCUT2D eigenvalue weighted by molar-refractivity contribution is 5.76. The van der Waals surface area contributed by atoms with Crippen molar-refractivity contribution in [3.05, 3.63) is 0 Å². The maximum Gasteiger partial charge on any atom is 0.326 e. The summed E-state index contributed by atoms with van der Waals surface area (Å²) in [5.41, 5.74) is 0. The third kappa shape index (κ3) is 3.85. The molecule has 0 aromatic rings. The Morgan fingerprint density at radius 2 is 2.53 bits per heavy atom. The fourth-order valence-corrected chi connectivity index (χ4v) is 1.59. The molecule has 0 saturated carbocycles. The van der Waals surface area contributed by atoms with Crippen molar-refractivity contribution in [2.75, 3.05) is 26.7 Å². The molecule has 1 amide bonds. The van der Waals surface area contributed by atoms with Crippen molar-refractivity contribution < 1.29 is 19.4 Å². The SMILES string of the molecule is CN1CCOC(CC(NC=O)C(=O)O)C1. The summed E-state index contributed by atoms with van der Waals surface area (Å²) >= 11 is 0. The van der Waals surface area contributed by atoms with Crippen molar-refractivity contribution in [1.29, 1.82) is 0 Å². The number of carboxylic acid groups (broad SMARTS) is 1. The van der Waals surface area contributed by atoms with Crippen LogP contribution in [0.3, 0.4) is 0 Å². The molecular formula is C9H16N2O4. The van der Waals surface area contributed by atoms with Gasteiger partial charge in [-0.25, -0.2) is 4.79 Å². The van der Waals surface area contributed by atoms with Crippen LogP contribution in [0.4, 0.5) is 0 Å². The Bertz CT molecular complexity index is 234. The van der Waals surface area contributed by atoms with Gasteiger partial charge in [0, 0.05) is 19.5 Å². The summed E-state index contributed by atoms with van der Waals surface area (Å²) in [5, 5.41) is 11.1. The minimum absolute atomic E-state index is 0.128. The minimum Gasteiger partial charge on any atom is -0.480 e. The molecule has 1 aliphatic heterocycles. The van der Waals surface area contributed by atoms with E-state index in [-0.39, 0.29) is 6.10 Å². The summed E-state index contributed by atoms with van der Waals surface area (Å²) in [4.78, 5) is 23.0. The van der Waals surface area contributed by atoms with Crippen molar-refractivity contribution in [2.45, 2.75) is 18.6 Å². The Hall–Kier alpha value is -1.14. The lowest BCUT2D eigenvalue weighted by Crippen LogP contribution is -2.46. The first kappa shape index (κ1) is 11.9. The highest BCUT2D eigenvalue weighted by Gasteiger charge is 2.25. The Balaban J connectivity index is 2.42. The zero-order valence-electron chi connectivity index (χ0n) is 8.68.